The molecule has 1 aliphatic rings. The van der Waals surface area contributed by atoms with Gasteiger partial charge in [-0.2, -0.15) is 4.31 Å². The highest BCUT2D eigenvalue weighted by molar-refractivity contribution is 7.99. The number of ether oxygens (including phenoxy) is 2. The van der Waals surface area contributed by atoms with Crippen molar-refractivity contribution in [1.82, 2.24) is 4.31 Å². The van der Waals surface area contributed by atoms with E-state index in [9.17, 15) is 13.2 Å². The first-order valence-corrected chi connectivity index (χ1v) is 13.3. The van der Waals surface area contributed by atoms with Gasteiger partial charge in [-0.1, -0.05) is 18.9 Å². The molecule has 0 aromatic heterocycles. The lowest BCUT2D eigenvalue weighted by Gasteiger charge is -2.20. The Morgan fingerprint density at radius 1 is 1.03 bits per heavy atom. The van der Waals surface area contributed by atoms with Crippen LogP contribution in [0.5, 0.6) is 11.5 Å². The van der Waals surface area contributed by atoms with Crippen LogP contribution in [-0.2, 0) is 14.8 Å². The van der Waals surface area contributed by atoms with Crippen LogP contribution in [0.15, 0.2) is 53.4 Å². The smallest absolute Gasteiger partial charge is 0.243 e. The summed E-state index contributed by atoms with van der Waals surface area (Å²) in [4.78, 5) is 12.5. The summed E-state index contributed by atoms with van der Waals surface area (Å²) in [5, 5.41) is 2.79. The standard InChI is InChI=1S/C23H30N2O5S2/c1-29-20-9-11-21(12-10-20)30-15-16-31-18-23(26)24-19-7-6-8-22(17-19)32(27,28)25-13-4-2-3-5-14-25/h6-12,17H,2-5,13-16,18H2,1H3,(H,24,26). The van der Waals surface area contributed by atoms with E-state index in [1.165, 1.54) is 17.8 Å². The van der Waals surface area contributed by atoms with Crippen LogP contribution in [0, 0.1) is 0 Å². The van der Waals surface area contributed by atoms with Crippen molar-refractivity contribution in [2.45, 2.75) is 30.6 Å². The first-order chi connectivity index (χ1) is 15.5. The molecule has 0 aliphatic carbocycles. The number of amides is 1. The zero-order valence-corrected chi connectivity index (χ0v) is 19.9. The van der Waals surface area contributed by atoms with E-state index in [0.29, 0.717) is 31.1 Å². The molecule has 0 atom stereocenters. The summed E-state index contributed by atoms with van der Waals surface area (Å²) < 4.78 is 38.2. The summed E-state index contributed by atoms with van der Waals surface area (Å²) in [6, 6.07) is 13.8. The second kappa shape index (κ2) is 12.1. The highest BCUT2D eigenvalue weighted by atomic mass is 32.2. The second-order valence-electron chi connectivity index (χ2n) is 7.47. The van der Waals surface area contributed by atoms with Gasteiger partial charge in [0.25, 0.3) is 0 Å². The third-order valence-corrected chi connectivity index (χ3v) is 7.93. The molecule has 7 nitrogen and oxygen atoms in total. The van der Waals surface area contributed by atoms with Gasteiger partial charge in [0.05, 0.1) is 24.4 Å². The number of anilines is 1. The average Bonchev–Trinajstić information content (AvgIpc) is 3.10. The molecular formula is C23H30N2O5S2. The van der Waals surface area contributed by atoms with Gasteiger partial charge < -0.3 is 14.8 Å². The van der Waals surface area contributed by atoms with Crippen molar-refractivity contribution in [3.8, 4) is 11.5 Å². The normalized spacial score (nSPS) is 15.0. The molecule has 3 rings (SSSR count). The van der Waals surface area contributed by atoms with E-state index in [0.717, 1.165) is 37.2 Å². The summed E-state index contributed by atoms with van der Waals surface area (Å²) >= 11 is 1.45. The monoisotopic (exact) mass is 478 g/mol. The first kappa shape index (κ1) is 24.4. The van der Waals surface area contributed by atoms with Crippen molar-refractivity contribution in [1.29, 1.82) is 0 Å². The van der Waals surface area contributed by atoms with Crippen LogP contribution in [0.2, 0.25) is 0 Å². The van der Waals surface area contributed by atoms with E-state index in [2.05, 4.69) is 5.32 Å². The van der Waals surface area contributed by atoms with Gasteiger partial charge in [-0.05, 0) is 55.3 Å². The molecule has 1 fully saturated rings. The van der Waals surface area contributed by atoms with Crippen LogP contribution in [0.4, 0.5) is 5.69 Å². The highest BCUT2D eigenvalue weighted by Crippen LogP contribution is 2.23. The molecule has 2 aromatic rings. The lowest BCUT2D eigenvalue weighted by molar-refractivity contribution is -0.113. The van der Waals surface area contributed by atoms with Gasteiger partial charge in [0.15, 0.2) is 0 Å². The van der Waals surface area contributed by atoms with E-state index in [1.54, 1.807) is 29.6 Å². The lowest BCUT2D eigenvalue weighted by Crippen LogP contribution is -2.32. The van der Waals surface area contributed by atoms with Crippen molar-refractivity contribution in [2.75, 3.05) is 43.6 Å². The molecule has 0 bridgehead atoms. The number of thioether (sulfide) groups is 1. The maximum absolute atomic E-state index is 13.0. The Balaban J connectivity index is 1.44. The van der Waals surface area contributed by atoms with Gasteiger partial charge in [0.2, 0.25) is 15.9 Å². The summed E-state index contributed by atoms with van der Waals surface area (Å²) in [6.45, 7) is 1.58. The Kier molecular flexibility index (Phi) is 9.25. The van der Waals surface area contributed by atoms with Gasteiger partial charge >= 0.3 is 0 Å². The van der Waals surface area contributed by atoms with Crippen molar-refractivity contribution in [3.63, 3.8) is 0 Å². The number of sulfonamides is 1. The minimum absolute atomic E-state index is 0.177. The fourth-order valence-corrected chi connectivity index (χ4v) is 5.58. The molecule has 174 valence electrons. The number of hydrogen-bond donors (Lipinski definition) is 1. The number of rotatable bonds is 10. The lowest BCUT2D eigenvalue weighted by atomic mass is 10.2. The Morgan fingerprint density at radius 3 is 2.41 bits per heavy atom. The number of carbonyl (C=O) groups excluding carboxylic acids is 1. The fourth-order valence-electron chi connectivity index (χ4n) is 3.42. The maximum Gasteiger partial charge on any atom is 0.243 e. The Bertz CT molecular complexity index is 972. The van der Waals surface area contributed by atoms with Crippen LogP contribution in [0.3, 0.4) is 0 Å². The molecule has 1 N–H and O–H groups in total. The van der Waals surface area contributed by atoms with Gasteiger partial charge in [0.1, 0.15) is 11.5 Å². The first-order valence-electron chi connectivity index (χ1n) is 10.7. The van der Waals surface area contributed by atoms with Gasteiger partial charge in [0, 0.05) is 24.5 Å². The number of hydrogen-bond acceptors (Lipinski definition) is 6. The van der Waals surface area contributed by atoms with Crippen LogP contribution in [0.25, 0.3) is 0 Å². The quantitative estimate of drug-likeness (QED) is 0.520. The Hall–Kier alpha value is -2.23. The molecule has 1 heterocycles. The number of carbonyl (C=O) groups is 1. The average molecular weight is 479 g/mol. The van der Waals surface area contributed by atoms with Crippen molar-refractivity contribution in [2.24, 2.45) is 0 Å². The Morgan fingerprint density at radius 2 is 1.72 bits per heavy atom. The van der Waals surface area contributed by atoms with Crippen LogP contribution >= 0.6 is 11.8 Å². The third-order valence-electron chi connectivity index (χ3n) is 5.11. The third kappa shape index (κ3) is 7.15. The molecule has 0 saturated carbocycles. The maximum atomic E-state index is 13.0. The fraction of sp³-hybridized carbons (Fsp3) is 0.435. The van der Waals surface area contributed by atoms with Crippen molar-refractivity contribution in [3.05, 3.63) is 48.5 Å². The SMILES string of the molecule is COc1ccc(OCCSCC(=O)Nc2cccc(S(=O)(=O)N3CCCCCC3)c2)cc1. The summed E-state index contributed by atoms with van der Waals surface area (Å²) in [6.07, 6.45) is 3.89. The molecule has 2 aromatic carbocycles. The molecule has 1 amide bonds. The molecule has 0 radical (unpaired) electrons. The van der Waals surface area contributed by atoms with Crippen molar-refractivity contribution >= 4 is 33.4 Å². The zero-order chi connectivity index (χ0) is 22.8. The van der Waals surface area contributed by atoms with Crippen LogP contribution in [-0.4, -0.2) is 56.9 Å². The van der Waals surface area contributed by atoms with E-state index in [-0.39, 0.29) is 16.6 Å². The van der Waals surface area contributed by atoms with Gasteiger partial charge in [-0.15, -0.1) is 11.8 Å². The molecule has 1 aliphatic heterocycles. The molecule has 9 heteroatoms. The van der Waals surface area contributed by atoms with E-state index >= 15 is 0 Å². The molecule has 1 saturated heterocycles. The van der Waals surface area contributed by atoms with Gasteiger partial charge in [-0.25, -0.2) is 8.42 Å². The topological polar surface area (TPSA) is 84.9 Å². The number of nitrogens with zero attached hydrogens (tertiary/aromatic N) is 1. The molecular weight excluding hydrogens is 448 g/mol. The van der Waals surface area contributed by atoms with Gasteiger partial charge in [-0.3, -0.25) is 4.79 Å². The molecule has 0 unspecified atom stereocenters. The molecule has 32 heavy (non-hydrogen) atoms. The zero-order valence-electron chi connectivity index (χ0n) is 18.3. The minimum atomic E-state index is -3.55. The second-order valence-corrected chi connectivity index (χ2v) is 10.5. The summed E-state index contributed by atoms with van der Waals surface area (Å²) in [7, 11) is -1.93. The predicted octanol–water partition coefficient (Wildman–Crippen LogP) is 4.01. The summed E-state index contributed by atoms with van der Waals surface area (Å²) in [5.41, 5.74) is 0.487. The highest BCUT2D eigenvalue weighted by Gasteiger charge is 2.25. The molecule has 0 spiro atoms. The predicted molar refractivity (Wildman–Crippen MR) is 128 cm³/mol. The van der Waals surface area contributed by atoms with E-state index < -0.39 is 10.0 Å². The van der Waals surface area contributed by atoms with Crippen molar-refractivity contribution < 1.29 is 22.7 Å². The number of nitrogens with one attached hydrogen (secondary N) is 1. The van der Waals surface area contributed by atoms with E-state index in [1.807, 2.05) is 24.3 Å². The minimum Gasteiger partial charge on any atom is -0.497 e. The summed E-state index contributed by atoms with van der Waals surface area (Å²) in [5.74, 6) is 2.26. The largest absolute Gasteiger partial charge is 0.497 e. The number of methoxy groups -OCH3 is 1. The van der Waals surface area contributed by atoms with E-state index in [4.69, 9.17) is 9.47 Å². The van der Waals surface area contributed by atoms with Crippen LogP contribution in [0.1, 0.15) is 25.7 Å². The Labute approximate surface area is 194 Å². The number of benzene rings is 2. The van der Waals surface area contributed by atoms with Crippen LogP contribution < -0.4 is 14.8 Å².